The fraction of sp³-hybridized carbons (Fsp3) is 0. The summed E-state index contributed by atoms with van der Waals surface area (Å²) >= 11 is 0. The molecule has 0 radical (unpaired) electrons. The van der Waals surface area contributed by atoms with Crippen molar-refractivity contribution in [1.29, 1.82) is 0 Å². The van der Waals surface area contributed by atoms with Crippen LogP contribution in [0.2, 0.25) is 0 Å². The molecule has 0 amide bonds. The number of fused-ring (bicyclic) bond motifs is 3. The molecule has 8 aromatic rings. The zero-order valence-corrected chi connectivity index (χ0v) is 24.2. The van der Waals surface area contributed by atoms with Crippen molar-refractivity contribution in [2.24, 2.45) is 0 Å². The second-order valence-electron chi connectivity index (χ2n) is 10.8. The Morgan fingerprint density at radius 2 is 0.911 bits per heavy atom. The summed E-state index contributed by atoms with van der Waals surface area (Å²) in [6, 6.07) is 51.0. The third-order valence-corrected chi connectivity index (χ3v) is 8.05. The van der Waals surface area contributed by atoms with Crippen LogP contribution in [0, 0.1) is 6.57 Å². The van der Waals surface area contributed by atoms with Crippen molar-refractivity contribution in [2.45, 2.75) is 0 Å². The molecule has 2 heterocycles. The molecule has 0 fully saturated rings. The summed E-state index contributed by atoms with van der Waals surface area (Å²) in [6.45, 7) is 7.89. The van der Waals surface area contributed by atoms with Gasteiger partial charge in [0.25, 0.3) is 0 Å². The van der Waals surface area contributed by atoms with E-state index in [-0.39, 0.29) is 0 Å². The van der Waals surface area contributed by atoms with E-state index in [1.165, 1.54) is 10.8 Å². The molecular weight excluding hydrogens is 550 g/mol. The van der Waals surface area contributed by atoms with Gasteiger partial charge in [-0.25, -0.2) is 19.8 Å². The van der Waals surface area contributed by atoms with Gasteiger partial charge < -0.3 is 4.57 Å². The van der Waals surface area contributed by atoms with Crippen LogP contribution in [0.25, 0.3) is 77.6 Å². The Morgan fingerprint density at radius 1 is 0.444 bits per heavy atom. The average Bonchev–Trinajstić information content (AvgIpc) is 3.46. The molecule has 0 bridgehead atoms. The highest BCUT2D eigenvalue weighted by atomic mass is 15.0. The molecule has 0 aliphatic carbocycles. The minimum atomic E-state index is 0.562. The fourth-order valence-corrected chi connectivity index (χ4v) is 5.98. The van der Waals surface area contributed by atoms with Crippen molar-refractivity contribution >= 4 is 27.5 Å². The predicted molar refractivity (Wildman–Crippen MR) is 182 cm³/mol. The topological polar surface area (TPSA) is 48.0 Å². The molecule has 2 aromatic heterocycles. The van der Waals surface area contributed by atoms with Gasteiger partial charge in [-0.1, -0.05) is 121 Å². The Balaban J connectivity index is 1.44. The summed E-state index contributed by atoms with van der Waals surface area (Å²) in [5.41, 5.74) is 8.19. The van der Waals surface area contributed by atoms with Crippen LogP contribution in [0.4, 0.5) is 5.69 Å². The standard InChI is InChI=1S/C40H25N5/c1-41-35-21-11-8-18-32(35)29-24-30(26-31(25-29)45-36-22-12-9-19-33(36)34-20-10-13-23-37(34)45)40-43-38(27-14-4-2-5-15-27)42-39(44-40)28-16-6-3-7-17-28/h2-26H. The first kappa shape index (κ1) is 26.3. The van der Waals surface area contributed by atoms with Crippen molar-refractivity contribution in [3.05, 3.63) is 163 Å². The first-order chi connectivity index (χ1) is 22.3. The molecule has 5 heteroatoms. The van der Waals surface area contributed by atoms with Crippen LogP contribution in [-0.2, 0) is 0 Å². The number of aromatic nitrogens is 4. The van der Waals surface area contributed by atoms with E-state index in [1.807, 2.05) is 84.9 Å². The van der Waals surface area contributed by atoms with Crippen LogP contribution in [-0.4, -0.2) is 19.5 Å². The smallest absolute Gasteiger partial charge is 0.194 e. The van der Waals surface area contributed by atoms with Crippen molar-refractivity contribution in [3.63, 3.8) is 0 Å². The van der Waals surface area contributed by atoms with Crippen LogP contribution >= 0.6 is 0 Å². The van der Waals surface area contributed by atoms with Crippen LogP contribution in [0.3, 0.4) is 0 Å². The van der Waals surface area contributed by atoms with Gasteiger partial charge in [0, 0.05) is 33.2 Å². The first-order valence-corrected chi connectivity index (χ1v) is 14.7. The van der Waals surface area contributed by atoms with Crippen molar-refractivity contribution in [3.8, 4) is 51.0 Å². The average molecular weight is 576 g/mol. The predicted octanol–water partition coefficient (Wildman–Crippen LogP) is 10.2. The molecule has 210 valence electrons. The number of rotatable bonds is 5. The Morgan fingerprint density at radius 3 is 1.49 bits per heavy atom. The van der Waals surface area contributed by atoms with E-state index in [0.717, 1.165) is 44.5 Å². The second kappa shape index (κ2) is 11.0. The largest absolute Gasteiger partial charge is 0.309 e. The lowest BCUT2D eigenvalue weighted by Crippen LogP contribution is -2.01. The van der Waals surface area contributed by atoms with Gasteiger partial charge in [0.15, 0.2) is 23.2 Å². The number of nitrogens with zero attached hydrogens (tertiary/aromatic N) is 5. The van der Waals surface area contributed by atoms with Gasteiger partial charge in [-0.15, -0.1) is 0 Å². The summed E-state index contributed by atoms with van der Waals surface area (Å²) in [5.74, 6) is 1.77. The number of benzene rings is 6. The van der Waals surface area contributed by atoms with Gasteiger partial charge in [-0.3, -0.25) is 0 Å². The Kier molecular flexibility index (Phi) is 6.44. The molecule has 6 aromatic carbocycles. The van der Waals surface area contributed by atoms with E-state index in [4.69, 9.17) is 21.5 Å². The molecule has 0 aliphatic rings. The highest BCUT2D eigenvalue weighted by Crippen LogP contribution is 2.38. The maximum Gasteiger partial charge on any atom is 0.194 e. The molecule has 0 saturated carbocycles. The fourth-order valence-electron chi connectivity index (χ4n) is 5.98. The number of hydrogen-bond acceptors (Lipinski definition) is 3. The monoisotopic (exact) mass is 575 g/mol. The van der Waals surface area contributed by atoms with E-state index in [1.54, 1.807) is 0 Å². The molecule has 0 saturated heterocycles. The molecule has 0 N–H and O–H groups in total. The highest BCUT2D eigenvalue weighted by molar-refractivity contribution is 6.09. The third-order valence-electron chi connectivity index (χ3n) is 8.05. The quantitative estimate of drug-likeness (QED) is 0.192. The van der Waals surface area contributed by atoms with Crippen molar-refractivity contribution in [1.82, 2.24) is 19.5 Å². The van der Waals surface area contributed by atoms with Gasteiger partial charge in [0.1, 0.15) is 0 Å². The van der Waals surface area contributed by atoms with Crippen LogP contribution in [0.1, 0.15) is 0 Å². The zero-order chi connectivity index (χ0) is 30.2. The zero-order valence-electron chi connectivity index (χ0n) is 24.2. The minimum Gasteiger partial charge on any atom is -0.309 e. The van der Waals surface area contributed by atoms with E-state index < -0.39 is 0 Å². The number of hydrogen-bond donors (Lipinski definition) is 0. The Hall–Kier alpha value is -6.38. The first-order valence-electron chi connectivity index (χ1n) is 14.7. The van der Waals surface area contributed by atoms with Crippen LogP contribution < -0.4 is 0 Å². The highest BCUT2D eigenvalue weighted by Gasteiger charge is 2.18. The van der Waals surface area contributed by atoms with E-state index in [9.17, 15) is 0 Å². The van der Waals surface area contributed by atoms with E-state index in [2.05, 4.69) is 76.1 Å². The summed E-state index contributed by atoms with van der Waals surface area (Å²) < 4.78 is 2.29. The lowest BCUT2D eigenvalue weighted by molar-refractivity contribution is 1.07. The molecule has 5 nitrogen and oxygen atoms in total. The summed E-state index contributed by atoms with van der Waals surface area (Å²) in [6.07, 6.45) is 0. The minimum absolute atomic E-state index is 0.562. The number of para-hydroxylation sites is 3. The van der Waals surface area contributed by atoms with Gasteiger partial charge in [-0.05, 0) is 41.5 Å². The van der Waals surface area contributed by atoms with Crippen molar-refractivity contribution < 1.29 is 0 Å². The maximum absolute atomic E-state index is 7.89. The SMILES string of the molecule is [C-]#[N+]c1ccccc1-c1cc(-c2nc(-c3ccccc3)nc(-c3ccccc3)n2)cc(-n2c3ccccc3c3ccccc32)c1. The van der Waals surface area contributed by atoms with Gasteiger partial charge >= 0.3 is 0 Å². The van der Waals surface area contributed by atoms with E-state index >= 15 is 0 Å². The summed E-state index contributed by atoms with van der Waals surface area (Å²) in [5, 5.41) is 2.36. The molecule has 8 rings (SSSR count). The maximum atomic E-state index is 7.89. The molecule has 45 heavy (non-hydrogen) atoms. The van der Waals surface area contributed by atoms with E-state index in [0.29, 0.717) is 23.2 Å². The molecule has 0 spiro atoms. The molecule has 0 unspecified atom stereocenters. The molecule has 0 aliphatic heterocycles. The van der Waals surface area contributed by atoms with Crippen LogP contribution in [0.5, 0.6) is 0 Å². The van der Waals surface area contributed by atoms with Crippen LogP contribution in [0.15, 0.2) is 152 Å². The summed E-state index contributed by atoms with van der Waals surface area (Å²) in [4.78, 5) is 18.8. The van der Waals surface area contributed by atoms with Gasteiger partial charge in [-0.2, -0.15) is 0 Å². The summed E-state index contributed by atoms with van der Waals surface area (Å²) in [7, 11) is 0. The lowest BCUT2D eigenvalue weighted by Gasteiger charge is -2.15. The third kappa shape index (κ3) is 4.71. The lowest BCUT2D eigenvalue weighted by atomic mass is 9.99. The Bertz CT molecular complexity index is 2270. The molecular formula is C40H25N5. The molecule has 0 atom stereocenters. The second-order valence-corrected chi connectivity index (χ2v) is 10.8. The van der Waals surface area contributed by atoms with Gasteiger partial charge in [0.2, 0.25) is 0 Å². The Labute approximate surface area is 260 Å². The normalized spacial score (nSPS) is 11.1. The van der Waals surface area contributed by atoms with Gasteiger partial charge in [0.05, 0.1) is 17.6 Å². The van der Waals surface area contributed by atoms with Crippen molar-refractivity contribution in [2.75, 3.05) is 0 Å².